The fraction of sp³-hybridized carbons (Fsp3) is 0.409. The van der Waals surface area contributed by atoms with Crippen molar-refractivity contribution < 1.29 is 9.53 Å². The number of carbonyl (C=O) groups is 1. The summed E-state index contributed by atoms with van der Waals surface area (Å²) < 4.78 is 6.32. The Labute approximate surface area is 144 Å². The third-order valence-corrected chi connectivity index (χ3v) is 4.89. The number of fused-ring (bicyclic) bond motifs is 2. The first-order valence-electron chi connectivity index (χ1n) is 8.67. The number of ether oxygens (including phenoxy) is 1. The maximum atomic E-state index is 12.8. The predicted molar refractivity (Wildman–Crippen MR) is 96.9 cm³/mol. The second-order valence-electron chi connectivity index (χ2n) is 8.02. The lowest BCUT2D eigenvalue weighted by molar-refractivity contribution is -0.171. The summed E-state index contributed by atoms with van der Waals surface area (Å²) >= 11 is 0. The van der Waals surface area contributed by atoms with Gasteiger partial charge in [-0.25, -0.2) is 0 Å². The van der Waals surface area contributed by atoms with Crippen molar-refractivity contribution in [3.8, 4) is 0 Å². The van der Waals surface area contributed by atoms with E-state index in [1.807, 2.05) is 32.9 Å². The highest BCUT2D eigenvalue weighted by molar-refractivity contribution is 5.77. The predicted octanol–water partition coefficient (Wildman–Crippen LogP) is 5.08. The van der Waals surface area contributed by atoms with Gasteiger partial charge < -0.3 is 4.74 Å². The highest BCUT2D eigenvalue weighted by Crippen LogP contribution is 2.48. The van der Waals surface area contributed by atoms with Gasteiger partial charge in [0.1, 0.15) is 0 Å². The molecule has 0 spiro atoms. The van der Waals surface area contributed by atoms with E-state index in [1.165, 1.54) is 11.1 Å². The normalized spacial score (nSPS) is 15.6. The molecule has 0 saturated carbocycles. The SMILES string of the molecule is CC(C)C1(OC(=O)C(C)(C)C)c2ccccc2Cc2ccccc21. The van der Waals surface area contributed by atoms with Gasteiger partial charge in [-0.2, -0.15) is 0 Å². The van der Waals surface area contributed by atoms with Crippen LogP contribution in [0.5, 0.6) is 0 Å². The second-order valence-corrected chi connectivity index (χ2v) is 8.02. The van der Waals surface area contributed by atoms with Gasteiger partial charge in [0.15, 0.2) is 5.60 Å². The van der Waals surface area contributed by atoms with Crippen LogP contribution in [0.2, 0.25) is 0 Å². The molecule has 1 aliphatic carbocycles. The maximum absolute atomic E-state index is 12.8. The van der Waals surface area contributed by atoms with Gasteiger partial charge in [0.2, 0.25) is 0 Å². The van der Waals surface area contributed by atoms with E-state index in [0.29, 0.717) is 0 Å². The van der Waals surface area contributed by atoms with Crippen molar-refractivity contribution in [2.24, 2.45) is 11.3 Å². The first-order valence-corrected chi connectivity index (χ1v) is 8.67. The number of benzene rings is 2. The molecule has 24 heavy (non-hydrogen) atoms. The lowest BCUT2D eigenvalue weighted by Gasteiger charge is -2.44. The summed E-state index contributed by atoms with van der Waals surface area (Å²) in [5.74, 6) is -0.0332. The van der Waals surface area contributed by atoms with Gasteiger partial charge in [-0.15, -0.1) is 0 Å². The Bertz CT molecular complexity index is 720. The molecule has 0 fully saturated rings. The average Bonchev–Trinajstić information content (AvgIpc) is 2.53. The number of hydrogen-bond acceptors (Lipinski definition) is 2. The van der Waals surface area contributed by atoms with E-state index in [4.69, 9.17) is 4.74 Å². The molecule has 0 unspecified atom stereocenters. The Balaban J connectivity index is 2.26. The Morgan fingerprint density at radius 2 is 1.42 bits per heavy atom. The van der Waals surface area contributed by atoms with Gasteiger partial charge in [0.05, 0.1) is 5.41 Å². The topological polar surface area (TPSA) is 26.3 Å². The molecule has 0 saturated heterocycles. The maximum Gasteiger partial charge on any atom is 0.312 e. The van der Waals surface area contributed by atoms with Crippen LogP contribution in [0.1, 0.15) is 56.9 Å². The Kier molecular flexibility index (Phi) is 4.03. The standard InChI is InChI=1S/C22H26O2/c1-15(2)22(24-20(23)21(3,4)5)18-12-8-6-10-16(18)14-17-11-7-9-13-19(17)22/h6-13,15H,14H2,1-5H3. The van der Waals surface area contributed by atoms with Crippen LogP contribution in [-0.2, 0) is 21.6 Å². The molecule has 0 atom stereocenters. The van der Waals surface area contributed by atoms with E-state index in [1.54, 1.807) is 0 Å². The molecule has 0 amide bonds. The molecule has 0 bridgehead atoms. The van der Waals surface area contributed by atoms with Crippen LogP contribution in [0.25, 0.3) is 0 Å². The smallest absolute Gasteiger partial charge is 0.312 e. The van der Waals surface area contributed by atoms with E-state index in [-0.39, 0.29) is 11.9 Å². The number of hydrogen-bond donors (Lipinski definition) is 0. The summed E-state index contributed by atoms with van der Waals surface area (Å²) in [5.41, 5.74) is 3.46. The van der Waals surface area contributed by atoms with Gasteiger partial charge in [-0.1, -0.05) is 62.4 Å². The highest BCUT2D eigenvalue weighted by Gasteiger charge is 2.47. The summed E-state index contributed by atoms with van der Waals surface area (Å²) in [5, 5.41) is 0. The second kappa shape index (κ2) is 5.77. The highest BCUT2D eigenvalue weighted by atomic mass is 16.6. The third-order valence-electron chi connectivity index (χ3n) is 4.89. The summed E-state index contributed by atoms with van der Waals surface area (Å²) in [6, 6.07) is 16.7. The van der Waals surface area contributed by atoms with E-state index in [9.17, 15) is 4.79 Å². The third kappa shape index (κ3) is 2.54. The van der Waals surface area contributed by atoms with Gasteiger partial charge in [-0.05, 0) is 38.3 Å². The molecule has 2 heteroatoms. The number of rotatable bonds is 2. The zero-order valence-electron chi connectivity index (χ0n) is 15.2. The van der Waals surface area contributed by atoms with Gasteiger partial charge in [-0.3, -0.25) is 4.79 Å². The molecule has 2 aromatic rings. The Morgan fingerprint density at radius 1 is 0.958 bits per heavy atom. The minimum absolute atomic E-state index is 0.131. The number of carbonyl (C=O) groups excluding carboxylic acids is 1. The molecular formula is C22H26O2. The van der Waals surface area contributed by atoms with E-state index in [2.05, 4.69) is 50.2 Å². The van der Waals surface area contributed by atoms with Crippen molar-refractivity contribution in [2.45, 2.75) is 46.6 Å². The molecule has 0 aliphatic heterocycles. The van der Waals surface area contributed by atoms with Crippen LogP contribution >= 0.6 is 0 Å². The summed E-state index contributed by atoms with van der Waals surface area (Å²) in [6.45, 7) is 9.99. The monoisotopic (exact) mass is 322 g/mol. The summed E-state index contributed by atoms with van der Waals surface area (Å²) in [4.78, 5) is 12.8. The van der Waals surface area contributed by atoms with Gasteiger partial charge in [0, 0.05) is 17.0 Å². The molecule has 0 aromatic heterocycles. The molecular weight excluding hydrogens is 296 g/mol. The molecule has 126 valence electrons. The zero-order valence-corrected chi connectivity index (χ0v) is 15.2. The van der Waals surface area contributed by atoms with Crippen molar-refractivity contribution >= 4 is 5.97 Å². The van der Waals surface area contributed by atoms with Crippen molar-refractivity contribution in [3.63, 3.8) is 0 Å². The van der Waals surface area contributed by atoms with Crippen molar-refractivity contribution in [1.82, 2.24) is 0 Å². The van der Waals surface area contributed by atoms with Gasteiger partial charge >= 0.3 is 5.97 Å². The Morgan fingerprint density at radius 3 is 1.83 bits per heavy atom. The summed E-state index contributed by atoms with van der Waals surface area (Å²) in [7, 11) is 0. The van der Waals surface area contributed by atoms with E-state index < -0.39 is 11.0 Å². The van der Waals surface area contributed by atoms with E-state index in [0.717, 1.165) is 17.5 Å². The first kappa shape index (κ1) is 16.8. The molecule has 0 N–H and O–H groups in total. The van der Waals surface area contributed by atoms with Crippen LogP contribution in [0.15, 0.2) is 48.5 Å². The molecule has 1 aliphatic rings. The van der Waals surface area contributed by atoms with Crippen molar-refractivity contribution in [1.29, 1.82) is 0 Å². The average molecular weight is 322 g/mol. The zero-order chi connectivity index (χ0) is 17.5. The summed E-state index contributed by atoms with van der Waals surface area (Å²) in [6.07, 6.45) is 0.883. The molecule has 2 aromatic carbocycles. The minimum Gasteiger partial charge on any atom is -0.449 e. The molecule has 2 nitrogen and oxygen atoms in total. The van der Waals surface area contributed by atoms with E-state index >= 15 is 0 Å². The molecule has 3 rings (SSSR count). The van der Waals surface area contributed by atoms with Crippen LogP contribution < -0.4 is 0 Å². The van der Waals surface area contributed by atoms with Crippen LogP contribution in [0.3, 0.4) is 0 Å². The Hall–Kier alpha value is -2.09. The first-order chi connectivity index (χ1) is 11.3. The van der Waals surface area contributed by atoms with Gasteiger partial charge in [0.25, 0.3) is 0 Å². The lowest BCUT2D eigenvalue weighted by atomic mass is 9.69. The van der Waals surface area contributed by atoms with Crippen LogP contribution in [0.4, 0.5) is 0 Å². The minimum atomic E-state index is -0.726. The largest absolute Gasteiger partial charge is 0.449 e. The quantitative estimate of drug-likeness (QED) is 0.721. The van der Waals surface area contributed by atoms with Crippen LogP contribution in [0, 0.1) is 11.3 Å². The number of esters is 1. The fourth-order valence-electron chi connectivity index (χ4n) is 3.57. The molecule has 0 radical (unpaired) electrons. The van der Waals surface area contributed by atoms with Crippen molar-refractivity contribution in [2.75, 3.05) is 0 Å². The van der Waals surface area contributed by atoms with Crippen molar-refractivity contribution in [3.05, 3.63) is 70.8 Å². The fourth-order valence-corrected chi connectivity index (χ4v) is 3.57. The lowest BCUT2D eigenvalue weighted by Crippen LogP contribution is -2.44. The molecule has 0 heterocycles. The van der Waals surface area contributed by atoms with Crippen LogP contribution in [-0.4, -0.2) is 5.97 Å².